The lowest BCUT2D eigenvalue weighted by Crippen LogP contribution is -2.31. The minimum Gasteiger partial charge on any atom is -0.497 e. The average Bonchev–Trinajstić information content (AvgIpc) is 3.01. The van der Waals surface area contributed by atoms with Crippen LogP contribution in [0.4, 0.5) is 21.5 Å². The molecule has 5 rings (SSSR count). The number of carbonyl (C=O) groups excluding carboxylic acids is 1. The summed E-state index contributed by atoms with van der Waals surface area (Å²) in [5, 5.41) is 2.83. The van der Waals surface area contributed by atoms with Crippen molar-refractivity contribution in [2.24, 2.45) is 0 Å². The summed E-state index contributed by atoms with van der Waals surface area (Å²) >= 11 is 0. The van der Waals surface area contributed by atoms with Crippen LogP contribution in [0, 0.1) is 5.82 Å². The fourth-order valence-corrected chi connectivity index (χ4v) is 6.10. The van der Waals surface area contributed by atoms with Gasteiger partial charge in [-0.15, -0.1) is 0 Å². The zero-order valence-corrected chi connectivity index (χ0v) is 24.0. The summed E-state index contributed by atoms with van der Waals surface area (Å²) in [5.41, 5.74) is 2.32. The number of nitrogens with one attached hydrogen (secondary N) is 2. The van der Waals surface area contributed by atoms with Crippen LogP contribution in [0.25, 0.3) is 0 Å². The minimum absolute atomic E-state index is 0.0684. The minimum atomic E-state index is -4.02. The van der Waals surface area contributed by atoms with E-state index < -0.39 is 15.9 Å². The Morgan fingerprint density at radius 2 is 1.57 bits per heavy atom. The van der Waals surface area contributed by atoms with Gasteiger partial charge in [-0.2, -0.15) is 0 Å². The first-order valence-corrected chi connectivity index (χ1v) is 15.1. The molecule has 0 spiro atoms. The molecule has 0 bridgehead atoms. The smallest absolute Gasteiger partial charge is 0.264 e. The second kappa shape index (κ2) is 12.9. The first kappa shape index (κ1) is 28.9. The Labute approximate surface area is 245 Å². The van der Waals surface area contributed by atoms with Crippen LogP contribution in [0.5, 0.6) is 11.5 Å². The largest absolute Gasteiger partial charge is 0.497 e. The Morgan fingerprint density at radius 1 is 0.881 bits per heavy atom. The fraction of sp³-hybridized carbons (Fsp3) is 0.219. The fourth-order valence-electron chi connectivity index (χ4n) is 4.79. The molecule has 1 saturated heterocycles. The summed E-state index contributed by atoms with van der Waals surface area (Å²) in [6.45, 7) is 1.64. The monoisotopic (exact) mass is 589 g/mol. The van der Waals surface area contributed by atoms with Gasteiger partial charge in [0.2, 0.25) is 0 Å². The zero-order chi connectivity index (χ0) is 29.5. The third kappa shape index (κ3) is 7.01. The molecule has 0 radical (unpaired) electrons. The molecule has 42 heavy (non-hydrogen) atoms. The van der Waals surface area contributed by atoms with Gasteiger partial charge in [0.15, 0.2) is 0 Å². The quantitative estimate of drug-likeness (QED) is 0.221. The van der Waals surface area contributed by atoms with Gasteiger partial charge >= 0.3 is 0 Å². The van der Waals surface area contributed by atoms with Gasteiger partial charge in [-0.3, -0.25) is 9.52 Å². The van der Waals surface area contributed by atoms with Crippen LogP contribution in [0.15, 0.2) is 95.9 Å². The van der Waals surface area contributed by atoms with Gasteiger partial charge in [0.25, 0.3) is 15.9 Å². The highest BCUT2D eigenvalue weighted by Crippen LogP contribution is 2.33. The lowest BCUT2D eigenvalue weighted by Gasteiger charge is -2.30. The van der Waals surface area contributed by atoms with E-state index in [0.29, 0.717) is 28.6 Å². The topological polar surface area (TPSA) is 97.0 Å². The van der Waals surface area contributed by atoms with Crippen molar-refractivity contribution in [2.45, 2.75) is 30.8 Å². The molecule has 1 amide bonds. The van der Waals surface area contributed by atoms with E-state index in [4.69, 9.17) is 9.47 Å². The SMILES string of the molecule is COc1ccc(NS(=O)(=O)c2cc(NC(=O)c3ccccc3OCc3ccc(F)cc3)ccc2N2CCCCC2)cc1. The molecule has 218 valence electrons. The summed E-state index contributed by atoms with van der Waals surface area (Å²) in [4.78, 5) is 15.5. The Balaban J connectivity index is 1.40. The molecule has 10 heteroatoms. The Kier molecular flexibility index (Phi) is 8.92. The van der Waals surface area contributed by atoms with Gasteiger partial charge in [-0.05, 0) is 91.6 Å². The molecule has 0 aliphatic carbocycles. The Hall–Kier alpha value is -4.57. The van der Waals surface area contributed by atoms with Gasteiger partial charge in [-0.1, -0.05) is 24.3 Å². The summed E-state index contributed by atoms with van der Waals surface area (Å²) < 4.78 is 54.4. The highest BCUT2D eigenvalue weighted by atomic mass is 32.2. The van der Waals surface area contributed by atoms with Crippen LogP contribution >= 0.6 is 0 Å². The molecule has 0 unspecified atom stereocenters. The number of amides is 1. The summed E-state index contributed by atoms with van der Waals surface area (Å²) in [5.74, 6) is 0.157. The number of benzene rings is 4. The number of piperidine rings is 1. The molecule has 4 aromatic carbocycles. The number of hydrogen-bond donors (Lipinski definition) is 2. The van der Waals surface area contributed by atoms with E-state index in [9.17, 15) is 17.6 Å². The van der Waals surface area contributed by atoms with Gasteiger partial charge in [0.05, 0.1) is 18.4 Å². The Morgan fingerprint density at radius 3 is 2.29 bits per heavy atom. The van der Waals surface area contributed by atoms with E-state index in [1.807, 2.05) is 0 Å². The molecule has 1 aliphatic rings. The van der Waals surface area contributed by atoms with Crippen LogP contribution in [0.1, 0.15) is 35.2 Å². The number of hydrogen-bond acceptors (Lipinski definition) is 6. The summed E-state index contributed by atoms with van der Waals surface area (Å²) in [6.07, 6.45) is 3.04. The highest BCUT2D eigenvalue weighted by molar-refractivity contribution is 7.92. The number of nitrogens with zero attached hydrogens (tertiary/aromatic N) is 1. The van der Waals surface area contributed by atoms with E-state index in [-0.39, 0.29) is 22.9 Å². The lowest BCUT2D eigenvalue weighted by atomic mass is 10.1. The molecular weight excluding hydrogens is 557 g/mol. The third-order valence-corrected chi connectivity index (χ3v) is 8.40. The second-order valence-electron chi connectivity index (χ2n) is 9.93. The standard InChI is InChI=1S/C32H32FN3O5S/c1-40-27-16-13-25(14-17-27)35-42(38,39)31-21-26(15-18-29(31)36-19-5-2-6-20-36)34-32(37)28-7-3-4-8-30(28)41-22-23-9-11-24(33)12-10-23/h3-4,7-18,21,35H,2,5-6,19-20,22H2,1H3,(H,34,37). The molecule has 2 N–H and O–H groups in total. The van der Waals surface area contributed by atoms with Crippen molar-refractivity contribution in [1.29, 1.82) is 0 Å². The molecule has 0 saturated carbocycles. The third-order valence-electron chi connectivity index (χ3n) is 6.99. The molecule has 8 nitrogen and oxygen atoms in total. The summed E-state index contributed by atoms with van der Waals surface area (Å²) in [7, 11) is -2.48. The van der Waals surface area contributed by atoms with Crippen molar-refractivity contribution >= 4 is 33.0 Å². The number of para-hydroxylation sites is 1. The number of methoxy groups -OCH3 is 1. The van der Waals surface area contributed by atoms with Gasteiger partial charge in [0, 0.05) is 24.5 Å². The molecule has 0 atom stereocenters. The number of halogens is 1. The van der Waals surface area contributed by atoms with Crippen LogP contribution in [0.2, 0.25) is 0 Å². The maximum absolute atomic E-state index is 13.7. The molecule has 1 aliphatic heterocycles. The van der Waals surface area contributed by atoms with E-state index in [2.05, 4.69) is 14.9 Å². The van der Waals surface area contributed by atoms with Crippen molar-refractivity contribution in [2.75, 3.05) is 35.1 Å². The van der Waals surface area contributed by atoms with Crippen molar-refractivity contribution in [3.05, 3.63) is 108 Å². The molecule has 1 heterocycles. The van der Waals surface area contributed by atoms with E-state index >= 15 is 0 Å². The molecular formula is C32H32FN3O5S. The summed E-state index contributed by atoms with van der Waals surface area (Å²) in [6, 6.07) is 24.2. The molecule has 1 fully saturated rings. The predicted octanol–water partition coefficient (Wildman–Crippen LogP) is 6.46. The number of sulfonamides is 1. The number of ether oxygens (including phenoxy) is 2. The van der Waals surface area contributed by atoms with Gasteiger partial charge in [-0.25, -0.2) is 12.8 Å². The highest BCUT2D eigenvalue weighted by Gasteiger charge is 2.25. The molecule has 4 aromatic rings. The normalized spacial score (nSPS) is 13.3. The second-order valence-corrected chi connectivity index (χ2v) is 11.6. The first-order valence-electron chi connectivity index (χ1n) is 13.7. The van der Waals surface area contributed by atoms with Crippen molar-refractivity contribution in [3.8, 4) is 11.5 Å². The first-order chi connectivity index (χ1) is 20.3. The zero-order valence-electron chi connectivity index (χ0n) is 23.2. The number of carbonyl (C=O) groups is 1. The van der Waals surface area contributed by atoms with Crippen molar-refractivity contribution in [3.63, 3.8) is 0 Å². The van der Waals surface area contributed by atoms with Crippen LogP contribution in [0.3, 0.4) is 0 Å². The van der Waals surface area contributed by atoms with Crippen molar-refractivity contribution < 1.29 is 27.1 Å². The van der Waals surface area contributed by atoms with E-state index in [1.165, 1.54) is 18.2 Å². The van der Waals surface area contributed by atoms with Crippen LogP contribution in [-0.2, 0) is 16.6 Å². The van der Waals surface area contributed by atoms with Crippen LogP contribution in [-0.4, -0.2) is 34.5 Å². The predicted molar refractivity (Wildman–Crippen MR) is 161 cm³/mol. The molecule has 0 aromatic heterocycles. The van der Waals surface area contributed by atoms with Crippen LogP contribution < -0.4 is 24.4 Å². The van der Waals surface area contributed by atoms with E-state index in [1.54, 1.807) is 79.9 Å². The Bertz CT molecular complexity index is 1640. The van der Waals surface area contributed by atoms with Gasteiger partial charge < -0.3 is 19.7 Å². The number of anilines is 3. The van der Waals surface area contributed by atoms with Gasteiger partial charge in [0.1, 0.15) is 28.8 Å². The van der Waals surface area contributed by atoms with E-state index in [0.717, 1.165) is 37.9 Å². The maximum Gasteiger partial charge on any atom is 0.264 e. The lowest BCUT2D eigenvalue weighted by molar-refractivity contribution is 0.102. The maximum atomic E-state index is 13.7. The average molecular weight is 590 g/mol. The van der Waals surface area contributed by atoms with Crippen molar-refractivity contribution in [1.82, 2.24) is 0 Å². The number of rotatable bonds is 10.